The molecule has 0 atom stereocenters. The van der Waals surface area contributed by atoms with E-state index in [1.165, 1.54) is 22.0 Å². The van der Waals surface area contributed by atoms with Crippen LogP contribution in [0.4, 0.5) is 0 Å². The average Bonchev–Trinajstić information content (AvgIpc) is 3.18. The maximum atomic E-state index is 11.8. The first-order valence-corrected chi connectivity index (χ1v) is 11.4. The number of aromatic nitrogens is 2. The Balaban J connectivity index is 1.63. The van der Waals surface area contributed by atoms with Crippen LogP contribution in [0.2, 0.25) is 0 Å². The molecule has 31 heavy (non-hydrogen) atoms. The normalized spacial score (nSPS) is 15.6. The summed E-state index contributed by atoms with van der Waals surface area (Å²) in [6, 6.07) is 10.9. The van der Waals surface area contributed by atoms with Crippen molar-refractivity contribution in [3.05, 3.63) is 47.7 Å². The molecule has 164 valence electrons. The van der Waals surface area contributed by atoms with E-state index in [1.807, 2.05) is 19.1 Å². The van der Waals surface area contributed by atoms with Crippen LogP contribution in [-0.2, 0) is 4.79 Å². The number of nitrogens with zero attached hydrogens (tertiary/aromatic N) is 2. The Morgan fingerprint density at radius 3 is 2.68 bits per heavy atom. The third-order valence-corrected chi connectivity index (χ3v) is 6.53. The summed E-state index contributed by atoms with van der Waals surface area (Å²) in [6.07, 6.45) is 4.65. The number of ether oxygens (including phenoxy) is 1. The highest BCUT2D eigenvalue weighted by Crippen LogP contribution is 2.38. The van der Waals surface area contributed by atoms with Crippen LogP contribution in [0.15, 0.2) is 36.5 Å². The van der Waals surface area contributed by atoms with E-state index in [-0.39, 0.29) is 0 Å². The lowest BCUT2D eigenvalue weighted by Crippen LogP contribution is -2.36. The summed E-state index contributed by atoms with van der Waals surface area (Å²) in [5.41, 5.74) is 6.17. The van der Waals surface area contributed by atoms with E-state index in [9.17, 15) is 4.79 Å². The SMILES string of the molecule is CCC(=O)CN1CCC(c2ccc3[nH]c(-c4ccnc(OC)c4)c(C(C)C)c3c2)CC1. The van der Waals surface area contributed by atoms with Gasteiger partial charge < -0.3 is 9.72 Å². The number of carbonyl (C=O) groups is 1. The van der Waals surface area contributed by atoms with Crippen molar-refractivity contribution in [1.82, 2.24) is 14.9 Å². The van der Waals surface area contributed by atoms with Gasteiger partial charge in [0.2, 0.25) is 5.88 Å². The molecule has 0 saturated carbocycles. The van der Waals surface area contributed by atoms with Crippen LogP contribution in [0.5, 0.6) is 5.88 Å². The number of methoxy groups -OCH3 is 1. The van der Waals surface area contributed by atoms with Gasteiger partial charge in [-0.15, -0.1) is 0 Å². The molecule has 4 rings (SSSR count). The largest absolute Gasteiger partial charge is 0.481 e. The van der Waals surface area contributed by atoms with Crippen LogP contribution < -0.4 is 4.74 Å². The summed E-state index contributed by atoms with van der Waals surface area (Å²) >= 11 is 0. The summed E-state index contributed by atoms with van der Waals surface area (Å²) in [5, 5.41) is 1.31. The van der Waals surface area contributed by atoms with E-state index in [0.29, 0.717) is 36.5 Å². The molecule has 5 nitrogen and oxygen atoms in total. The van der Waals surface area contributed by atoms with Crippen molar-refractivity contribution >= 4 is 16.7 Å². The molecule has 1 N–H and O–H groups in total. The first-order valence-electron chi connectivity index (χ1n) is 11.4. The highest BCUT2D eigenvalue weighted by Gasteiger charge is 2.23. The predicted octanol–water partition coefficient (Wildman–Crippen LogP) is 5.52. The molecule has 1 saturated heterocycles. The monoisotopic (exact) mass is 419 g/mol. The van der Waals surface area contributed by atoms with Crippen LogP contribution in [0.25, 0.3) is 22.2 Å². The van der Waals surface area contributed by atoms with E-state index < -0.39 is 0 Å². The number of aromatic amines is 1. The lowest BCUT2D eigenvalue weighted by atomic mass is 9.87. The van der Waals surface area contributed by atoms with Gasteiger partial charge in [-0.2, -0.15) is 0 Å². The molecule has 1 aliphatic rings. The third-order valence-electron chi connectivity index (χ3n) is 6.53. The van der Waals surface area contributed by atoms with Crippen LogP contribution in [0.1, 0.15) is 63.0 Å². The molecule has 1 fully saturated rings. The molecule has 0 unspecified atom stereocenters. The maximum Gasteiger partial charge on any atom is 0.213 e. The number of nitrogens with one attached hydrogen (secondary N) is 1. The molecule has 3 aromatic rings. The van der Waals surface area contributed by atoms with Gasteiger partial charge in [0.05, 0.1) is 19.3 Å². The van der Waals surface area contributed by atoms with Gasteiger partial charge in [0.15, 0.2) is 0 Å². The van der Waals surface area contributed by atoms with Crippen LogP contribution >= 0.6 is 0 Å². The molecular formula is C26H33N3O2. The fourth-order valence-corrected chi connectivity index (χ4v) is 4.77. The summed E-state index contributed by atoms with van der Waals surface area (Å²) in [7, 11) is 1.65. The topological polar surface area (TPSA) is 58.2 Å². The zero-order chi connectivity index (χ0) is 22.0. The molecule has 1 aliphatic heterocycles. The van der Waals surface area contributed by atoms with Crippen LogP contribution in [-0.4, -0.2) is 47.4 Å². The average molecular weight is 420 g/mol. The van der Waals surface area contributed by atoms with Gasteiger partial charge in [-0.3, -0.25) is 9.69 Å². The second-order valence-corrected chi connectivity index (χ2v) is 8.90. The van der Waals surface area contributed by atoms with Crippen LogP contribution in [0, 0.1) is 0 Å². The quantitative estimate of drug-likeness (QED) is 0.548. The molecule has 3 heterocycles. The number of likely N-dealkylation sites (tertiary alicyclic amines) is 1. The number of benzene rings is 1. The van der Waals surface area contributed by atoms with Crippen molar-refractivity contribution in [1.29, 1.82) is 0 Å². The number of rotatable bonds is 7. The fraction of sp³-hybridized carbons (Fsp3) is 0.462. The molecule has 0 spiro atoms. The Morgan fingerprint density at radius 1 is 1.23 bits per heavy atom. The lowest BCUT2D eigenvalue weighted by Gasteiger charge is -2.31. The number of hydrogen-bond donors (Lipinski definition) is 1. The minimum absolute atomic E-state index is 0.342. The second kappa shape index (κ2) is 9.23. The van der Waals surface area contributed by atoms with Crippen LogP contribution in [0.3, 0.4) is 0 Å². The molecule has 0 aliphatic carbocycles. The zero-order valence-corrected chi connectivity index (χ0v) is 19.1. The van der Waals surface area contributed by atoms with Gasteiger partial charge in [0, 0.05) is 35.2 Å². The number of hydrogen-bond acceptors (Lipinski definition) is 4. The first kappa shape index (κ1) is 21.6. The number of piperidine rings is 1. The molecule has 2 aromatic heterocycles. The Kier molecular flexibility index (Phi) is 6.42. The summed E-state index contributed by atoms with van der Waals surface area (Å²) in [4.78, 5) is 22.0. The van der Waals surface area contributed by atoms with Gasteiger partial charge in [-0.05, 0) is 67.1 Å². The summed E-state index contributed by atoms with van der Waals surface area (Å²) in [6.45, 7) is 9.06. The van der Waals surface area contributed by atoms with Crippen molar-refractivity contribution in [3.8, 4) is 17.1 Å². The standard InChI is InChI=1S/C26H33N3O2/c1-5-21(30)16-29-12-9-18(10-13-29)19-6-7-23-22(14-19)25(17(2)3)26(28-23)20-8-11-27-24(15-20)31-4/h6-8,11,14-15,17-18,28H,5,9-10,12-13,16H2,1-4H3. The highest BCUT2D eigenvalue weighted by molar-refractivity contribution is 5.92. The Hall–Kier alpha value is -2.66. The maximum absolute atomic E-state index is 11.8. The number of pyridine rings is 1. The Morgan fingerprint density at radius 2 is 2.00 bits per heavy atom. The Bertz CT molecular complexity index is 1060. The smallest absolute Gasteiger partial charge is 0.213 e. The highest BCUT2D eigenvalue weighted by atomic mass is 16.5. The molecular weight excluding hydrogens is 386 g/mol. The predicted molar refractivity (Wildman–Crippen MR) is 126 cm³/mol. The molecule has 1 aromatic carbocycles. The summed E-state index contributed by atoms with van der Waals surface area (Å²) < 4.78 is 5.34. The zero-order valence-electron chi connectivity index (χ0n) is 19.1. The van der Waals surface area contributed by atoms with Gasteiger partial charge in [-0.1, -0.05) is 26.8 Å². The summed E-state index contributed by atoms with van der Waals surface area (Å²) in [5.74, 6) is 1.91. The van der Waals surface area contributed by atoms with Crippen molar-refractivity contribution in [2.24, 2.45) is 0 Å². The molecule has 5 heteroatoms. The fourth-order valence-electron chi connectivity index (χ4n) is 4.77. The number of Topliss-reactive ketones (excluding diaryl/α,β-unsaturated/α-hetero) is 1. The van der Waals surface area contributed by atoms with Gasteiger partial charge >= 0.3 is 0 Å². The van der Waals surface area contributed by atoms with Gasteiger partial charge in [0.25, 0.3) is 0 Å². The first-order chi connectivity index (χ1) is 15.0. The molecule has 0 radical (unpaired) electrons. The van der Waals surface area contributed by atoms with E-state index in [0.717, 1.165) is 37.2 Å². The minimum atomic E-state index is 0.342. The van der Waals surface area contributed by atoms with E-state index in [4.69, 9.17) is 4.74 Å². The molecule has 0 bridgehead atoms. The lowest BCUT2D eigenvalue weighted by molar-refractivity contribution is -0.120. The number of fused-ring (bicyclic) bond motifs is 1. The number of carbonyl (C=O) groups excluding carboxylic acids is 1. The van der Waals surface area contributed by atoms with Gasteiger partial charge in [0.1, 0.15) is 5.78 Å². The Labute approximate surface area is 184 Å². The van der Waals surface area contributed by atoms with Gasteiger partial charge in [-0.25, -0.2) is 4.98 Å². The second-order valence-electron chi connectivity index (χ2n) is 8.90. The van der Waals surface area contributed by atoms with Crippen molar-refractivity contribution in [3.63, 3.8) is 0 Å². The van der Waals surface area contributed by atoms with Crippen molar-refractivity contribution in [2.75, 3.05) is 26.7 Å². The van der Waals surface area contributed by atoms with Crippen molar-refractivity contribution in [2.45, 2.75) is 51.9 Å². The van der Waals surface area contributed by atoms with E-state index >= 15 is 0 Å². The van der Waals surface area contributed by atoms with E-state index in [1.54, 1.807) is 13.3 Å². The number of ketones is 1. The van der Waals surface area contributed by atoms with E-state index in [2.05, 4.69) is 46.9 Å². The third kappa shape index (κ3) is 4.52. The number of H-pyrrole nitrogens is 1. The minimum Gasteiger partial charge on any atom is -0.481 e. The van der Waals surface area contributed by atoms with Crippen molar-refractivity contribution < 1.29 is 9.53 Å². The molecule has 0 amide bonds.